The molecule has 3 heteroatoms. The van der Waals surface area contributed by atoms with Crippen molar-refractivity contribution in [2.45, 2.75) is 6.92 Å². The second-order valence-corrected chi connectivity index (χ2v) is 4.37. The number of nitrogens with zero attached hydrogens (tertiary/aromatic N) is 1. The van der Waals surface area contributed by atoms with Crippen LogP contribution in [0.3, 0.4) is 0 Å². The van der Waals surface area contributed by atoms with Crippen LogP contribution in [-0.4, -0.2) is 6.21 Å². The molecule has 0 aliphatic carbocycles. The Morgan fingerprint density at radius 2 is 1.57 bits per heavy atom. The summed E-state index contributed by atoms with van der Waals surface area (Å²) < 4.78 is 0. The van der Waals surface area contributed by atoms with E-state index in [9.17, 15) is 0 Å². The Morgan fingerprint density at radius 3 is 2.24 bits per heavy atom. The van der Waals surface area contributed by atoms with Crippen LogP contribution in [-0.2, 0) is 0 Å². The van der Waals surface area contributed by atoms with Crippen LogP contribution >= 0.6 is 12.4 Å². The van der Waals surface area contributed by atoms with Gasteiger partial charge in [0, 0.05) is 18.1 Å². The van der Waals surface area contributed by atoms with Gasteiger partial charge in [-0.3, -0.25) is 4.99 Å². The van der Waals surface area contributed by atoms with Crippen LogP contribution in [0, 0.1) is 0 Å². The van der Waals surface area contributed by atoms with Gasteiger partial charge in [0.1, 0.15) is 0 Å². The van der Waals surface area contributed by atoms with E-state index in [-0.39, 0.29) is 12.4 Å². The fourth-order valence-electron chi connectivity index (χ4n) is 1.61. The first-order chi connectivity index (χ1) is 9.84. The fraction of sp³-hybridized carbons (Fsp3) is 0.0556. The number of hydrogen-bond donors (Lipinski definition) is 1. The molecule has 0 saturated carbocycles. The number of allylic oxidation sites excluding steroid dienone is 3. The number of hydrogen-bond acceptors (Lipinski definition) is 2. The summed E-state index contributed by atoms with van der Waals surface area (Å²) in [5.41, 5.74) is 3.14. The standard InChI is InChI=1S/C18H18N2.ClH/c1-16(15-20-18-12-6-3-7-13-18)9-8-14-19-17-10-4-2-5-11-17;/h2-15,19H,1H3;1H. The van der Waals surface area contributed by atoms with Crippen molar-refractivity contribution in [3.63, 3.8) is 0 Å². The average molecular weight is 299 g/mol. The Labute approximate surface area is 132 Å². The van der Waals surface area contributed by atoms with Crippen molar-refractivity contribution < 1.29 is 0 Å². The molecule has 0 unspecified atom stereocenters. The van der Waals surface area contributed by atoms with Crippen LogP contribution in [0.25, 0.3) is 0 Å². The van der Waals surface area contributed by atoms with E-state index in [1.807, 2.05) is 92.2 Å². The van der Waals surface area contributed by atoms with E-state index in [4.69, 9.17) is 0 Å². The summed E-state index contributed by atoms with van der Waals surface area (Å²) in [4.78, 5) is 4.40. The zero-order valence-corrected chi connectivity index (χ0v) is 12.8. The highest BCUT2D eigenvalue weighted by Gasteiger charge is 1.85. The fourth-order valence-corrected chi connectivity index (χ4v) is 1.61. The molecule has 1 N–H and O–H groups in total. The summed E-state index contributed by atoms with van der Waals surface area (Å²) in [5.74, 6) is 0. The third-order valence-electron chi connectivity index (χ3n) is 2.65. The summed E-state index contributed by atoms with van der Waals surface area (Å²) in [6.45, 7) is 2.03. The highest BCUT2D eigenvalue weighted by molar-refractivity contribution is 5.85. The van der Waals surface area contributed by atoms with E-state index in [2.05, 4.69) is 10.3 Å². The number of anilines is 1. The van der Waals surface area contributed by atoms with Gasteiger partial charge in [0.05, 0.1) is 5.69 Å². The molecule has 0 radical (unpaired) electrons. The first kappa shape index (κ1) is 16.7. The molecule has 0 saturated heterocycles. The van der Waals surface area contributed by atoms with Gasteiger partial charge < -0.3 is 5.32 Å². The molecule has 0 spiro atoms. The Hall–Kier alpha value is -2.32. The molecule has 0 aliphatic rings. The third-order valence-corrected chi connectivity index (χ3v) is 2.65. The molecule has 108 valence electrons. The topological polar surface area (TPSA) is 24.4 Å². The zero-order chi connectivity index (χ0) is 14.0. The van der Waals surface area contributed by atoms with Crippen molar-refractivity contribution in [3.8, 4) is 0 Å². The van der Waals surface area contributed by atoms with E-state index < -0.39 is 0 Å². The van der Waals surface area contributed by atoms with E-state index in [0.717, 1.165) is 16.9 Å². The van der Waals surface area contributed by atoms with Crippen LogP contribution in [0.4, 0.5) is 11.4 Å². The third kappa shape index (κ3) is 6.59. The monoisotopic (exact) mass is 298 g/mol. The SMILES string of the molecule is CC(C=Nc1ccccc1)=CC=CNc1ccccc1.Cl. The van der Waals surface area contributed by atoms with Crippen LogP contribution in [0.15, 0.2) is 89.6 Å². The van der Waals surface area contributed by atoms with Crippen LogP contribution in [0.5, 0.6) is 0 Å². The number of halogens is 1. The molecule has 2 aromatic carbocycles. The molecular formula is C18H19ClN2. The Kier molecular flexibility index (Phi) is 7.62. The van der Waals surface area contributed by atoms with Gasteiger partial charge in [0.2, 0.25) is 0 Å². The highest BCUT2D eigenvalue weighted by atomic mass is 35.5. The van der Waals surface area contributed by atoms with Crippen LogP contribution in [0.2, 0.25) is 0 Å². The Morgan fingerprint density at radius 1 is 0.952 bits per heavy atom. The van der Waals surface area contributed by atoms with E-state index in [1.165, 1.54) is 0 Å². The lowest BCUT2D eigenvalue weighted by Crippen LogP contribution is -1.85. The van der Waals surface area contributed by atoms with E-state index >= 15 is 0 Å². The second-order valence-electron chi connectivity index (χ2n) is 4.37. The largest absolute Gasteiger partial charge is 0.362 e. The quantitative estimate of drug-likeness (QED) is 0.581. The molecule has 0 heterocycles. The van der Waals surface area contributed by atoms with Crippen molar-refractivity contribution in [3.05, 3.63) is 84.6 Å². The van der Waals surface area contributed by atoms with Gasteiger partial charge in [-0.15, -0.1) is 12.4 Å². The predicted molar refractivity (Wildman–Crippen MR) is 94.8 cm³/mol. The van der Waals surface area contributed by atoms with Gasteiger partial charge in [-0.05, 0) is 42.8 Å². The highest BCUT2D eigenvalue weighted by Crippen LogP contribution is 2.09. The van der Waals surface area contributed by atoms with Gasteiger partial charge in [-0.1, -0.05) is 42.5 Å². The van der Waals surface area contributed by atoms with Gasteiger partial charge in [0.15, 0.2) is 0 Å². The smallest absolute Gasteiger partial charge is 0.0629 e. The summed E-state index contributed by atoms with van der Waals surface area (Å²) in [6.07, 6.45) is 7.76. The number of rotatable bonds is 5. The molecule has 0 aliphatic heterocycles. The van der Waals surface area contributed by atoms with Crippen LogP contribution < -0.4 is 5.32 Å². The summed E-state index contributed by atoms with van der Waals surface area (Å²) in [7, 11) is 0. The first-order valence-corrected chi connectivity index (χ1v) is 6.59. The van der Waals surface area contributed by atoms with Gasteiger partial charge in [-0.2, -0.15) is 0 Å². The second kappa shape index (κ2) is 9.56. The van der Waals surface area contributed by atoms with Gasteiger partial charge in [-0.25, -0.2) is 0 Å². The Balaban J connectivity index is 0.00000220. The molecular weight excluding hydrogens is 280 g/mol. The summed E-state index contributed by atoms with van der Waals surface area (Å²) in [6, 6.07) is 20.0. The van der Waals surface area contributed by atoms with Crippen molar-refractivity contribution >= 4 is 30.0 Å². The Bertz CT molecular complexity index is 602. The van der Waals surface area contributed by atoms with Crippen molar-refractivity contribution in [2.24, 2.45) is 4.99 Å². The first-order valence-electron chi connectivity index (χ1n) is 6.59. The predicted octanol–water partition coefficient (Wildman–Crippen LogP) is 5.38. The lowest BCUT2D eigenvalue weighted by atomic mass is 10.3. The van der Waals surface area contributed by atoms with E-state index in [0.29, 0.717) is 0 Å². The van der Waals surface area contributed by atoms with Gasteiger partial charge in [0.25, 0.3) is 0 Å². The lowest BCUT2D eigenvalue weighted by Gasteiger charge is -1.97. The number of nitrogens with one attached hydrogen (secondary N) is 1. The van der Waals surface area contributed by atoms with Crippen molar-refractivity contribution in [2.75, 3.05) is 5.32 Å². The van der Waals surface area contributed by atoms with E-state index in [1.54, 1.807) is 0 Å². The molecule has 2 aromatic rings. The number of aliphatic imine (C=N–C) groups is 1. The van der Waals surface area contributed by atoms with Crippen molar-refractivity contribution in [1.82, 2.24) is 0 Å². The van der Waals surface area contributed by atoms with Crippen molar-refractivity contribution in [1.29, 1.82) is 0 Å². The zero-order valence-electron chi connectivity index (χ0n) is 11.9. The molecule has 0 fully saturated rings. The lowest BCUT2D eigenvalue weighted by molar-refractivity contribution is 1.50. The maximum atomic E-state index is 4.40. The molecule has 0 bridgehead atoms. The summed E-state index contributed by atoms with van der Waals surface area (Å²) >= 11 is 0. The number of benzene rings is 2. The van der Waals surface area contributed by atoms with Crippen LogP contribution in [0.1, 0.15) is 6.92 Å². The molecule has 0 amide bonds. The molecule has 21 heavy (non-hydrogen) atoms. The molecule has 2 nitrogen and oxygen atoms in total. The minimum Gasteiger partial charge on any atom is -0.362 e. The molecule has 0 aromatic heterocycles. The maximum absolute atomic E-state index is 4.40. The molecule has 0 atom stereocenters. The minimum atomic E-state index is 0. The average Bonchev–Trinajstić information content (AvgIpc) is 2.52. The normalized spacial score (nSPS) is 11.6. The number of para-hydroxylation sites is 2. The maximum Gasteiger partial charge on any atom is 0.0629 e. The molecule has 2 rings (SSSR count). The summed E-state index contributed by atoms with van der Waals surface area (Å²) in [5, 5.41) is 3.20. The minimum absolute atomic E-state index is 0. The van der Waals surface area contributed by atoms with Gasteiger partial charge >= 0.3 is 0 Å².